The van der Waals surface area contributed by atoms with E-state index < -0.39 is 16.5 Å². The van der Waals surface area contributed by atoms with E-state index in [1.165, 1.54) is 23.4 Å². The second kappa shape index (κ2) is 7.86. The van der Waals surface area contributed by atoms with Crippen molar-refractivity contribution >= 4 is 28.8 Å². The zero-order valence-corrected chi connectivity index (χ0v) is 16.0. The smallest absolute Gasteiger partial charge is 0.332 e. The third-order valence-electron chi connectivity index (χ3n) is 4.06. The number of rotatable bonds is 6. The lowest BCUT2D eigenvalue weighted by molar-refractivity contribution is -0.142. The molecule has 0 aliphatic carbocycles. The highest BCUT2D eigenvalue weighted by atomic mass is 32.2. The topological polar surface area (TPSA) is 83.2 Å². The van der Waals surface area contributed by atoms with E-state index in [-0.39, 0.29) is 5.97 Å². The molecule has 0 aliphatic rings. The zero-order valence-electron chi connectivity index (χ0n) is 15.2. The molecule has 2 rings (SSSR count). The van der Waals surface area contributed by atoms with Gasteiger partial charge in [-0.1, -0.05) is 13.8 Å². The molecule has 136 valence electrons. The number of aryl methyl sites for hydroxylation is 2. The zero-order chi connectivity index (χ0) is 18.7. The molecular formula is C17H23N3O4S. The minimum absolute atomic E-state index is 0.302. The molecule has 2 aromatic rings. The molecule has 0 saturated heterocycles. The molecule has 0 radical (unpaired) electrons. The van der Waals surface area contributed by atoms with Gasteiger partial charge in [0.25, 0.3) is 5.56 Å². The van der Waals surface area contributed by atoms with E-state index in [1.807, 2.05) is 13.8 Å². The molecule has 8 heteroatoms. The van der Waals surface area contributed by atoms with Gasteiger partial charge in [-0.05, 0) is 25.3 Å². The summed E-state index contributed by atoms with van der Waals surface area (Å²) in [5.74, 6) is -0.302. The lowest BCUT2D eigenvalue weighted by atomic mass is 10.2. The largest absolute Gasteiger partial charge is 0.465 e. The number of hydrogen-bond acceptors (Lipinski definition) is 6. The number of thioether (sulfide) groups is 1. The molecule has 0 aromatic carbocycles. The van der Waals surface area contributed by atoms with E-state index >= 15 is 0 Å². The maximum absolute atomic E-state index is 12.7. The van der Waals surface area contributed by atoms with Gasteiger partial charge < -0.3 is 4.74 Å². The average Bonchev–Trinajstić information content (AvgIpc) is 2.61. The highest BCUT2D eigenvalue weighted by Crippen LogP contribution is 2.33. The number of aromatic nitrogens is 3. The third-order valence-corrected chi connectivity index (χ3v) is 5.57. The Morgan fingerprint density at radius 2 is 1.92 bits per heavy atom. The summed E-state index contributed by atoms with van der Waals surface area (Å²) in [5, 5.41) is -0.0468. The first-order chi connectivity index (χ1) is 11.9. The van der Waals surface area contributed by atoms with Gasteiger partial charge in [0.2, 0.25) is 0 Å². The van der Waals surface area contributed by atoms with Crippen LogP contribution < -0.4 is 11.2 Å². The molecule has 0 aliphatic heterocycles. The number of pyridine rings is 1. The van der Waals surface area contributed by atoms with Gasteiger partial charge >= 0.3 is 11.7 Å². The molecule has 25 heavy (non-hydrogen) atoms. The molecule has 0 saturated carbocycles. The van der Waals surface area contributed by atoms with Gasteiger partial charge in [0.15, 0.2) is 0 Å². The molecule has 7 nitrogen and oxygen atoms in total. The summed E-state index contributed by atoms with van der Waals surface area (Å²) in [6.07, 6.45) is 2.90. The number of carbonyl (C=O) groups excluding carboxylic acids is 1. The highest BCUT2D eigenvalue weighted by molar-refractivity contribution is 8.00. The predicted octanol–water partition coefficient (Wildman–Crippen LogP) is 1.63. The molecule has 0 amide bonds. The fraction of sp³-hybridized carbons (Fsp3) is 0.529. The maximum atomic E-state index is 12.7. The standard InChI is InChI=1S/C17H23N3O4S/c1-6-10-9-18-14-12(15(21)20(5)17(23)19(14)4)13(10)25-11(7-2)16(22)24-8-3/h9,11H,6-8H2,1-5H3/t11-/m1/s1. The molecule has 0 unspecified atom stereocenters. The molecule has 0 spiro atoms. The van der Waals surface area contributed by atoms with Crippen molar-refractivity contribution in [2.75, 3.05) is 6.61 Å². The molecule has 0 bridgehead atoms. The summed E-state index contributed by atoms with van der Waals surface area (Å²) < 4.78 is 7.56. The van der Waals surface area contributed by atoms with E-state index in [1.54, 1.807) is 20.2 Å². The molecule has 2 heterocycles. The number of hydrogen-bond donors (Lipinski definition) is 0. The van der Waals surface area contributed by atoms with Crippen molar-refractivity contribution in [2.24, 2.45) is 14.1 Å². The van der Waals surface area contributed by atoms with E-state index in [4.69, 9.17) is 4.74 Å². The Hall–Kier alpha value is -2.09. The summed E-state index contributed by atoms with van der Waals surface area (Å²) in [4.78, 5) is 42.1. The second-order valence-electron chi connectivity index (χ2n) is 5.64. The van der Waals surface area contributed by atoms with Crippen LogP contribution in [0.15, 0.2) is 20.7 Å². The molecule has 1 atom stereocenters. The van der Waals surface area contributed by atoms with Gasteiger partial charge in [0.05, 0.1) is 12.0 Å². The van der Waals surface area contributed by atoms with Crippen LogP contribution in [-0.2, 0) is 30.0 Å². The Morgan fingerprint density at radius 1 is 1.24 bits per heavy atom. The van der Waals surface area contributed by atoms with Crippen LogP contribution in [0, 0.1) is 0 Å². The van der Waals surface area contributed by atoms with Crippen molar-refractivity contribution in [1.29, 1.82) is 0 Å². The number of ether oxygens (including phenoxy) is 1. The van der Waals surface area contributed by atoms with Gasteiger partial charge in [-0.25, -0.2) is 9.78 Å². The van der Waals surface area contributed by atoms with Crippen molar-refractivity contribution in [1.82, 2.24) is 14.1 Å². The number of nitrogens with zero attached hydrogens (tertiary/aromatic N) is 3. The van der Waals surface area contributed by atoms with Crippen LogP contribution in [0.3, 0.4) is 0 Å². The Labute approximate surface area is 150 Å². The number of esters is 1. The summed E-state index contributed by atoms with van der Waals surface area (Å²) in [6, 6.07) is 0. The second-order valence-corrected chi connectivity index (χ2v) is 6.85. The first-order valence-corrected chi connectivity index (χ1v) is 9.16. The number of fused-ring (bicyclic) bond motifs is 1. The normalized spacial score (nSPS) is 12.4. The Morgan fingerprint density at radius 3 is 2.48 bits per heavy atom. The van der Waals surface area contributed by atoms with Gasteiger partial charge in [0, 0.05) is 25.2 Å². The van der Waals surface area contributed by atoms with Crippen LogP contribution in [-0.4, -0.2) is 31.9 Å². The summed E-state index contributed by atoms with van der Waals surface area (Å²) in [7, 11) is 3.03. The lowest BCUT2D eigenvalue weighted by Crippen LogP contribution is -2.37. The Balaban J connectivity index is 2.75. The molecular weight excluding hydrogens is 342 g/mol. The quantitative estimate of drug-likeness (QED) is 0.571. The fourth-order valence-electron chi connectivity index (χ4n) is 2.60. The molecule has 2 aromatic heterocycles. The van der Waals surface area contributed by atoms with Crippen molar-refractivity contribution in [3.05, 3.63) is 32.6 Å². The third kappa shape index (κ3) is 3.49. The van der Waals surface area contributed by atoms with E-state index in [2.05, 4.69) is 4.98 Å². The Bertz CT molecular complexity index is 917. The highest BCUT2D eigenvalue weighted by Gasteiger charge is 2.24. The monoisotopic (exact) mass is 365 g/mol. The summed E-state index contributed by atoms with van der Waals surface area (Å²) in [6.45, 7) is 5.94. The van der Waals surface area contributed by atoms with Crippen LogP contribution in [0.5, 0.6) is 0 Å². The van der Waals surface area contributed by atoms with Gasteiger partial charge in [0.1, 0.15) is 10.9 Å². The van der Waals surface area contributed by atoms with Gasteiger partial charge in [-0.3, -0.25) is 18.7 Å². The fourth-order valence-corrected chi connectivity index (χ4v) is 3.86. The van der Waals surface area contributed by atoms with Gasteiger partial charge in [-0.2, -0.15) is 0 Å². The van der Waals surface area contributed by atoms with Crippen LogP contribution >= 0.6 is 11.8 Å². The van der Waals surface area contributed by atoms with Crippen molar-refractivity contribution in [2.45, 2.75) is 43.8 Å². The van der Waals surface area contributed by atoms with Crippen LogP contribution in [0.25, 0.3) is 11.0 Å². The first kappa shape index (κ1) is 19.2. The minimum atomic E-state index is -0.428. The summed E-state index contributed by atoms with van der Waals surface area (Å²) in [5.41, 5.74) is 0.368. The van der Waals surface area contributed by atoms with Crippen LogP contribution in [0.2, 0.25) is 0 Å². The Kier molecular flexibility index (Phi) is 6.05. The van der Waals surface area contributed by atoms with E-state index in [0.717, 1.165) is 10.1 Å². The SMILES string of the molecule is CCOC(=O)[C@@H](CC)Sc1c(CC)cnc2c1c(=O)n(C)c(=O)n2C. The van der Waals surface area contributed by atoms with E-state index in [0.29, 0.717) is 35.4 Å². The van der Waals surface area contributed by atoms with Gasteiger partial charge in [-0.15, -0.1) is 11.8 Å². The first-order valence-electron chi connectivity index (χ1n) is 8.28. The van der Waals surface area contributed by atoms with E-state index in [9.17, 15) is 14.4 Å². The van der Waals surface area contributed by atoms with Crippen LogP contribution in [0.4, 0.5) is 0 Å². The average molecular weight is 365 g/mol. The predicted molar refractivity (Wildman–Crippen MR) is 98.2 cm³/mol. The van der Waals surface area contributed by atoms with Crippen molar-refractivity contribution < 1.29 is 9.53 Å². The summed E-state index contributed by atoms with van der Waals surface area (Å²) >= 11 is 1.31. The maximum Gasteiger partial charge on any atom is 0.332 e. The van der Waals surface area contributed by atoms with Crippen LogP contribution in [0.1, 0.15) is 32.8 Å². The minimum Gasteiger partial charge on any atom is -0.465 e. The number of carbonyl (C=O) groups is 1. The molecule has 0 N–H and O–H groups in total. The lowest BCUT2D eigenvalue weighted by Gasteiger charge is -2.17. The molecule has 0 fully saturated rings. The van der Waals surface area contributed by atoms with Crippen molar-refractivity contribution in [3.63, 3.8) is 0 Å². The van der Waals surface area contributed by atoms with Crippen molar-refractivity contribution in [3.8, 4) is 0 Å².